The summed E-state index contributed by atoms with van der Waals surface area (Å²) in [5, 5.41) is 8.64. The Morgan fingerprint density at radius 3 is 2.68 bits per heavy atom. The molecule has 0 saturated carbocycles. The first-order valence-corrected chi connectivity index (χ1v) is 9.53. The summed E-state index contributed by atoms with van der Waals surface area (Å²) in [5.41, 5.74) is 0. The van der Waals surface area contributed by atoms with Crippen LogP contribution < -0.4 is 10.6 Å². The molecular weight excluding hydrogens is 381 g/mol. The number of rotatable bonds is 6. The van der Waals surface area contributed by atoms with E-state index in [1.165, 1.54) is 4.88 Å². The Bertz CT molecular complexity index is 478. The normalized spacial score (nSPS) is 20.2. The molecule has 1 aromatic rings. The molecule has 0 bridgehead atoms. The fourth-order valence-electron chi connectivity index (χ4n) is 3.41. The smallest absolute Gasteiger partial charge is 0.220 e. The van der Waals surface area contributed by atoms with Crippen LogP contribution in [0.3, 0.4) is 0 Å². The summed E-state index contributed by atoms with van der Waals surface area (Å²) in [6.07, 6.45) is 2.90. The number of ether oxygens (including phenoxy) is 1. The molecule has 1 unspecified atom stereocenters. The lowest BCUT2D eigenvalue weighted by Crippen LogP contribution is -2.43. The highest BCUT2D eigenvalue weighted by Gasteiger charge is 2.24. The van der Waals surface area contributed by atoms with Crippen molar-refractivity contribution in [1.29, 1.82) is 0 Å². The molecule has 5 nitrogen and oxygen atoms in total. The van der Waals surface area contributed by atoms with Gasteiger partial charge in [-0.05, 0) is 43.3 Å². The van der Waals surface area contributed by atoms with Gasteiger partial charge in [-0.1, -0.05) is 6.07 Å². The Hall–Kier alpha value is -0.370. The maximum absolute atomic E-state index is 12.3. The summed E-state index contributed by atoms with van der Waals surface area (Å²) < 4.78 is 5.46. The van der Waals surface area contributed by atoms with Crippen LogP contribution in [0.5, 0.6) is 0 Å². The van der Waals surface area contributed by atoms with Gasteiger partial charge >= 0.3 is 0 Å². The van der Waals surface area contributed by atoms with Crippen LogP contribution in [0.25, 0.3) is 0 Å². The molecule has 25 heavy (non-hydrogen) atoms. The molecule has 1 aromatic heterocycles. The van der Waals surface area contributed by atoms with Crippen LogP contribution in [0.1, 0.15) is 30.2 Å². The summed E-state index contributed by atoms with van der Waals surface area (Å²) in [6.45, 7) is 6.23. The third kappa shape index (κ3) is 7.04. The van der Waals surface area contributed by atoms with Gasteiger partial charge in [0.15, 0.2) is 0 Å². The van der Waals surface area contributed by atoms with Crippen LogP contribution in [0.15, 0.2) is 17.5 Å². The van der Waals surface area contributed by atoms with E-state index in [0.717, 1.165) is 52.2 Å². The van der Waals surface area contributed by atoms with E-state index in [1.54, 1.807) is 11.3 Å². The number of amides is 1. The second kappa shape index (κ2) is 12.1. The second-order valence-electron chi connectivity index (χ2n) is 6.38. The van der Waals surface area contributed by atoms with Gasteiger partial charge in [0.2, 0.25) is 5.91 Å². The number of halogens is 2. The van der Waals surface area contributed by atoms with Crippen LogP contribution in [0, 0.1) is 5.92 Å². The zero-order valence-electron chi connectivity index (χ0n) is 14.4. The molecule has 3 heterocycles. The van der Waals surface area contributed by atoms with Crippen LogP contribution in [0.4, 0.5) is 0 Å². The van der Waals surface area contributed by atoms with Crippen molar-refractivity contribution in [3.8, 4) is 0 Å². The summed E-state index contributed by atoms with van der Waals surface area (Å²) >= 11 is 1.77. The first-order chi connectivity index (χ1) is 11.3. The topological polar surface area (TPSA) is 53.6 Å². The Morgan fingerprint density at radius 2 is 2.04 bits per heavy atom. The first kappa shape index (κ1) is 22.7. The molecule has 1 amide bonds. The number of morpholine rings is 1. The van der Waals surface area contributed by atoms with E-state index in [4.69, 9.17) is 4.74 Å². The molecule has 0 aliphatic carbocycles. The van der Waals surface area contributed by atoms with Gasteiger partial charge in [-0.2, -0.15) is 0 Å². The van der Waals surface area contributed by atoms with Gasteiger partial charge in [0.25, 0.3) is 0 Å². The molecule has 2 saturated heterocycles. The van der Waals surface area contributed by atoms with Crippen molar-refractivity contribution in [2.75, 3.05) is 45.9 Å². The summed E-state index contributed by atoms with van der Waals surface area (Å²) in [7, 11) is 0. The van der Waals surface area contributed by atoms with Gasteiger partial charge in [0.05, 0.1) is 19.3 Å². The van der Waals surface area contributed by atoms with E-state index in [0.29, 0.717) is 18.9 Å². The predicted octanol–water partition coefficient (Wildman–Crippen LogP) is 2.47. The SMILES string of the molecule is Cl.Cl.O=C(CC1CCNCC1)NCC(c1cccs1)N1CCOCC1. The lowest BCUT2D eigenvalue weighted by atomic mass is 9.94. The number of nitrogens with one attached hydrogen (secondary N) is 2. The first-order valence-electron chi connectivity index (χ1n) is 8.65. The van der Waals surface area contributed by atoms with Gasteiger partial charge in [-0.3, -0.25) is 9.69 Å². The summed E-state index contributed by atoms with van der Waals surface area (Å²) in [6, 6.07) is 4.53. The molecule has 0 radical (unpaired) electrons. The largest absolute Gasteiger partial charge is 0.379 e. The highest BCUT2D eigenvalue weighted by atomic mass is 35.5. The average Bonchev–Trinajstić information content (AvgIpc) is 3.11. The van der Waals surface area contributed by atoms with Gasteiger partial charge in [0, 0.05) is 30.9 Å². The molecule has 144 valence electrons. The highest BCUT2D eigenvalue weighted by Crippen LogP contribution is 2.25. The van der Waals surface area contributed by atoms with Crippen molar-refractivity contribution in [1.82, 2.24) is 15.5 Å². The Balaban J connectivity index is 0.00000156. The number of nitrogens with zero attached hydrogens (tertiary/aromatic N) is 1. The summed E-state index contributed by atoms with van der Waals surface area (Å²) in [5.74, 6) is 0.742. The third-order valence-electron chi connectivity index (χ3n) is 4.78. The van der Waals surface area contributed by atoms with E-state index in [9.17, 15) is 4.79 Å². The Morgan fingerprint density at radius 1 is 1.32 bits per heavy atom. The van der Waals surface area contributed by atoms with Gasteiger partial charge in [-0.15, -0.1) is 36.2 Å². The van der Waals surface area contributed by atoms with Gasteiger partial charge in [0.1, 0.15) is 0 Å². The van der Waals surface area contributed by atoms with E-state index in [-0.39, 0.29) is 36.8 Å². The van der Waals surface area contributed by atoms with Crippen LogP contribution in [-0.4, -0.2) is 56.7 Å². The molecule has 0 aromatic carbocycles. The van der Waals surface area contributed by atoms with Crippen molar-refractivity contribution < 1.29 is 9.53 Å². The van der Waals surface area contributed by atoms with E-state index < -0.39 is 0 Å². The van der Waals surface area contributed by atoms with Crippen molar-refractivity contribution in [3.63, 3.8) is 0 Å². The highest BCUT2D eigenvalue weighted by molar-refractivity contribution is 7.10. The third-order valence-corrected chi connectivity index (χ3v) is 5.76. The standard InChI is InChI=1S/C17H27N3O2S.2ClH/c21-17(12-14-3-5-18-6-4-14)19-13-15(16-2-1-11-23-16)20-7-9-22-10-8-20;;/h1-2,11,14-15,18H,3-10,12-13H2,(H,19,21);2*1H. The van der Waals surface area contributed by atoms with Crippen molar-refractivity contribution >= 4 is 42.1 Å². The molecule has 2 N–H and O–H groups in total. The number of hydrogen-bond donors (Lipinski definition) is 2. The monoisotopic (exact) mass is 409 g/mol. The second-order valence-corrected chi connectivity index (χ2v) is 7.36. The van der Waals surface area contributed by atoms with Crippen molar-refractivity contribution in [3.05, 3.63) is 22.4 Å². The van der Waals surface area contributed by atoms with Crippen LogP contribution in [0.2, 0.25) is 0 Å². The van der Waals surface area contributed by atoms with Crippen LogP contribution >= 0.6 is 36.2 Å². The molecule has 2 aliphatic rings. The minimum atomic E-state index is 0. The summed E-state index contributed by atoms with van der Waals surface area (Å²) in [4.78, 5) is 16.1. The number of piperidine rings is 1. The molecule has 3 rings (SSSR count). The molecular formula is C17H29Cl2N3O2S. The minimum absolute atomic E-state index is 0. The fourth-order valence-corrected chi connectivity index (χ4v) is 4.27. The Kier molecular flexibility index (Phi) is 11.0. The van der Waals surface area contributed by atoms with Crippen molar-refractivity contribution in [2.45, 2.75) is 25.3 Å². The predicted molar refractivity (Wildman–Crippen MR) is 107 cm³/mol. The van der Waals surface area contributed by atoms with Gasteiger partial charge in [-0.25, -0.2) is 0 Å². The molecule has 1 atom stereocenters. The molecule has 2 fully saturated rings. The van der Waals surface area contributed by atoms with Gasteiger partial charge < -0.3 is 15.4 Å². The average molecular weight is 410 g/mol. The maximum Gasteiger partial charge on any atom is 0.220 e. The van der Waals surface area contributed by atoms with E-state index in [2.05, 4.69) is 33.0 Å². The zero-order valence-corrected chi connectivity index (χ0v) is 16.9. The quantitative estimate of drug-likeness (QED) is 0.757. The number of thiophene rings is 1. The minimum Gasteiger partial charge on any atom is -0.379 e. The van der Waals surface area contributed by atoms with E-state index >= 15 is 0 Å². The van der Waals surface area contributed by atoms with Crippen LogP contribution in [-0.2, 0) is 9.53 Å². The number of carbonyl (C=O) groups excluding carboxylic acids is 1. The van der Waals surface area contributed by atoms with Crippen molar-refractivity contribution in [2.24, 2.45) is 5.92 Å². The maximum atomic E-state index is 12.3. The molecule has 2 aliphatic heterocycles. The lowest BCUT2D eigenvalue weighted by molar-refractivity contribution is -0.122. The fraction of sp³-hybridized carbons (Fsp3) is 0.706. The number of hydrogen-bond acceptors (Lipinski definition) is 5. The number of carbonyl (C=O) groups is 1. The Labute approximate surface area is 166 Å². The molecule has 8 heteroatoms. The zero-order chi connectivity index (χ0) is 15.9. The van der Waals surface area contributed by atoms with E-state index in [1.807, 2.05) is 0 Å². The lowest BCUT2D eigenvalue weighted by Gasteiger charge is -2.34. The molecule has 0 spiro atoms.